The highest BCUT2D eigenvalue weighted by atomic mass is 35.5. The normalized spacial score (nSPS) is 10.6. The molecule has 0 bridgehead atoms. The van der Waals surface area contributed by atoms with Gasteiger partial charge in [-0.05, 0) is 30.3 Å². The summed E-state index contributed by atoms with van der Waals surface area (Å²) < 4.78 is 15.7. The maximum Gasteiger partial charge on any atom is 0.258 e. The summed E-state index contributed by atoms with van der Waals surface area (Å²) in [7, 11) is 1.89. The van der Waals surface area contributed by atoms with Crippen molar-refractivity contribution in [2.45, 2.75) is 0 Å². The molecule has 0 saturated heterocycles. The fourth-order valence-corrected chi connectivity index (χ4v) is 2.41. The lowest BCUT2D eigenvalue weighted by atomic mass is 10.1. The van der Waals surface area contributed by atoms with Crippen LogP contribution in [-0.2, 0) is 7.05 Å². The van der Waals surface area contributed by atoms with Gasteiger partial charge in [-0.15, -0.1) is 0 Å². The van der Waals surface area contributed by atoms with E-state index in [-0.39, 0.29) is 10.6 Å². The Morgan fingerprint density at radius 1 is 1.26 bits per heavy atom. The smallest absolute Gasteiger partial charge is 0.258 e. The number of imidazole rings is 1. The summed E-state index contributed by atoms with van der Waals surface area (Å²) in [5.41, 5.74) is 1.36. The molecule has 0 aliphatic heterocycles. The number of carbonyl (C=O) groups is 1. The predicted molar refractivity (Wildman–Crippen MR) is 88.0 cm³/mol. The van der Waals surface area contributed by atoms with Gasteiger partial charge in [0.1, 0.15) is 11.6 Å². The van der Waals surface area contributed by atoms with Crippen LogP contribution in [0.4, 0.5) is 10.1 Å². The van der Waals surface area contributed by atoms with Crippen LogP contribution < -0.4 is 5.32 Å². The molecule has 0 radical (unpaired) electrons. The highest BCUT2D eigenvalue weighted by molar-refractivity contribution is 6.30. The van der Waals surface area contributed by atoms with Crippen molar-refractivity contribution >= 4 is 23.2 Å². The van der Waals surface area contributed by atoms with Gasteiger partial charge in [0.2, 0.25) is 0 Å². The topological polar surface area (TPSA) is 46.9 Å². The van der Waals surface area contributed by atoms with E-state index >= 15 is 0 Å². The zero-order valence-corrected chi connectivity index (χ0v) is 13.0. The van der Waals surface area contributed by atoms with Crippen LogP contribution in [0.25, 0.3) is 11.4 Å². The number of halogens is 2. The van der Waals surface area contributed by atoms with Crippen molar-refractivity contribution in [3.05, 3.63) is 71.3 Å². The third-order valence-electron chi connectivity index (χ3n) is 3.38. The van der Waals surface area contributed by atoms with Crippen LogP contribution >= 0.6 is 11.6 Å². The molecule has 2 aromatic carbocycles. The summed E-state index contributed by atoms with van der Waals surface area (Å²) in [5, 5.41) is 2.93. The molecule has 0 aliphatic carbocycles. The molecular weight excluding hydrogens is 317 g/mol. The second-order valence-electron chi connectivity index (χ2n) is 5.02. The largest absolute Gasteiger partial charge is 0.334 e. The Morgan fingerprint density at radius 3 is 2.78 bits per heavy atom. The average molecular weight is 330 g/mol. The second-order valence-corrected chi connectivity index (χ2v) is 5.46. The van der Waals surface area contributed by atoms with Crippen LogP contribution in [-0.4, -0.2) is 15.5 Å². The average Bonchev–Trinajstić information content (AvgIpc) is 2.93. The molecule has 1 N–H and O–H groups in total. The third kappa shape index (κ3) is 3.24. The molecule has 0 fully saturated rings. The second kappa shape index (κ2) is 6.22. The summed E-state index contributed by atoms with van der Waals surface area (Å²) in [6.07, 6.45) is 3.54. The Hall–Kier alpha value is -2.66. The van der Waals surface area contributed by atoms with Crippen molar-refractivity contribution in [3.8, 4) is 11.4 Å². The molecule has 0 spiro atoms. The van der Waals surface area contributed by atoms with Crippen LogP contribution in [0, 0.1) is 5.82 Å². The minimum absolute atomic E-state index is 0.0585. The molecule has 3 rings (SSSR count). The number of nitrogens with zero attached hydrogens (tertiary/aromatic N) is 2. The first-order valence-corrected chi connectivity index (χ1v) is 7.26. The summed E-state index contributed by atoms with van der Waals surface area (Å²) in [4.78, 5) is 16.5. The van der Waals surface area contributed by atoms with Crippen molar-refractivity contribution in [2.24, 2.45) is 7.05 Å². The number of hydrogen-bond donors (Lipinski definition) is 1. The van der Waals surface area contributed by atoms with Crippen LogP contribution in [0.5, 0.6) is 0 Å². The van der Waals surface area contributed by atoms with E-state index < -0.39 is 11.7 Å². The lowest BCUT2D eigenvalue weighted by Crippen LogP contribution is -2.13. The van der Waals surface area contributed by atoms with Gasteiger partial charge >= 0.3 is 0 Å². The lowest BCUT2D eigenvalue weighted by molar-refractivity contribution is 0.102. The van der Waals surface area contributed by atoms with Crippen molar-refractivity contribution in [2.75, 3.05) is 5.32 Å². The van der Waals surface area contributed by atoms with Crippen LogP contribution in [0.2, 0.25) is 5.02 Å². The number of nitrogens with one attached hydrogen (secondary N) is 1. The fourth-order valence-electron chi connectivity index (χ4n) is 2.25. The van der Waals surface area contributed by atoms with Crippen LogP contribution in [0.15, 0.2) is 54.9 Å². The first-order valence-electron chi connectivity index (χ1n) is 6.89. The maximum absolute atomic E-state index is 13.8. The number of aryl methyl sites for hydroxylation is 1. The number of hydrogen-bond acceptors (Lipinski definition) is 2. The SMILES string of the molecule is Cn1ccnc1-c1cccc(NC(=O)c2ccc(Cl)cc2F)c1. The Balaban J connectivity index is 1.86. The van der Waals surface area contributed by atoms with Crippen molar-refractivity contribution in [1.82, 2.24) is 9.55 Å². The van der Waals surface area contributed by atoms with Gasteiger partial charge in [0.05, 0.1) is 5.56 Å². The molecule has 1 amide bonds. The standard InChI is InChI=1S/C17H13ClFN3O/c1-22-8-7-20-16(22)11-3-2-4-13(9-11)21-17(23)14-6-5-12(18)10-15(14)19/h2-10H,1H3,(H,21,23). The number of rotatable bonds is 3. The quantitative estimate of drug-likeness (QED) is 0.785. The number of aromatic nitrogens is 2. The highest BCUT2D eigenvalue weighted by Crippen LogP contribution is 2.22. The Kier molecular flexibility index (Phi) is 4.12. The Labute approximate surface area is 137 Å². The zero-order chi connectivity index (χ0) is 16.4. The van der Waals surface area contributed by atoms with E-state index in [2.05, 4.69) is 10.3 Å². The molecule has 1 heterocycles. The number of benzene rings is 2. The number of carbonyl (C=O) groups excluding carboxylic acids is 1. The van der Waals surface area contributed by atoms with E-state index in [0.29, 0.717) is 5.69 Å². The monoisotopic (exact) mass is 329 g/mol. The van der Waals surface area contributed by atoms with Gasteiger partial charge < -0.3 is 9.88 Å². The van der Waals surface area contributed by atoms with Crippen molar-refractivity contribution < 1.29 is 9.18 Å². The van der Waals surface area contributed by atoms with Crippen LogP contribution in [0.3, 0.4) is 0 Å². The fraction of sp³-hybridized carbons (Fsp3) is 0.0588. The molecule has 0 unspecified atom stereocenters. The number of anilines is 1. The summed E-state index contributed by atoms with van der Waals surface area (Å²) in [5.74, 6) is -0.412. The minimum atomic E-state index is -0.657. The first kappa shape index (κ1) is 15.2. The molecule has 6 heteroatoms. The minimum Gasteiger partial charge on any atom is -0.334 e. The predicted octanol–water partition coefficient (Wildman–Crippen LogP) is 4.13. The van der Waals surface area contributed by atoms with E-state index in [0.717, 1.165) is 17.5 Å². The molecule has 4 nitrogen and oxygen atoms in total. The van der Waals surface area contributed by atoms with E-state index in [1.165, 1.54) is 12.1 Å². The van der Waals surface area contributed by atoms with Gasteiger partial charge in [0, 0.05) is 35.7 Å². The van der Waals surface area contributed by atoms with Gasteiger partial charge in [-0.3, -0.25) is 4.79 Å². The van der Waals surface area contributed by atoms with E-state index in [1.54, 1.807) is 24.4 Å². The van der Waals surface area contributed by atoms with E-state index in [4.69, 9.17) is 11.6 Å². The third-order valence-corrected chi connectivity index (χ3v) is 3.61. The zero-order valence-electron chi connectivity index (χ0n) is 12.3. The summed E-state index contributed by atoms with van der Waals surface area (Å²) in [6.45, 7) is 0. The van der Waals surface area contributed by atoms with E-state index in [9.17, 15) is 9.18 Å². The van der Waals surface area contributed by atoms with Crippen LogP contribution in [0.1, 0.15) is 10.4 Å². The number of amides is 1. The molecule has 116 valence electrons. The van der Waals surface area contributed by atoms with Gasteiger partial charge in [-0.2, -0.15) is 0 Å². The molecule has 0 saturated carbocycles. The van der Waals surface area contributed by atoms with Gasteiger partial charge in [-0.1, -0.05) is 23.7 Å². The van der Waals surface area contributed by atoms with Gasteiger partial charge in [0.25, 0.3) is 5.91 Å². The maximum atomic E-state index is 13.8. The molecule has 0 atom stereocenters. The molecular formula is C17H13ClFN3O. The van der Waals surface area contributed by atoms with E-state index in [1.807, 2.05) is 23.9 Å². The van der Waals surface area contributed by atoms with Gasteiger partial charge in [-0.25, -0.2) is 9.37 Å². The van der Waals surface area contributed by atoms with Crippen molar-refractivity contribution in [1.29, 1.82) is 0 Å². The lowest BCUT2D eigenvalue weighted by Gasteiger charge is -2.08. The molecule has 23 heavy (non-hydrogen) atoms. The van der Waals surface area contributed by atoms with Gasteiger partial charge in [0.15, 0.2) is 0 Å². The summed E-state index contributed by atoms with van der Waals surface area (Å²) >= 11 is 5.69. The van der Waals surface area contributed by atoms with Crippen molar-refractivity contribution in [3.63, 3.8) is 0 Å². The Bertz CT molecular complexity index is 876. The molecule has 1 aromatic heterocycles. The summed E-state index contributed by atoms with van der Waals surface area (Å²) in [6, 6.07) is 11.2. The first-order chi connectivity index (χ1) is 11.0. The molecule has 3 aromatic rings. The highest BCUT2D eigenvalue weighted by Gasteiger charge is 2.13. The molecule has 0 aliphatic rings. The Morgan fingerprint density at radius 2 is 2.09 bits per heavy atom.